The quantitative estimate of drug-likeness (QED) is 0.829. The molecule has 0 aliphatic heterocycles. The molecule has 0 aliphatic carbocycles. The summed E-state index contributed by atoms with van der Waals surface area (Å²) in [6, 6.07) is 1.99. The number of aryl methyl sites for hydroxylation is 2. The molecule has 0 amide bonds. The molecule has 1 heterocycles. The second kappa shape index (κ2) is 6.15. The molecule has 2 unspecified atom stereocenters. The van der Waals surface area contributed by atoms with Gasteiger partial charge in [0.1, 0.15) is 6.17 Å². The van der Waals surface area contributed by atoms with Crippen LogP contribution in [0.1, 0.15) is 32.2 Å². The van der Waals surface area contributed by atoms with Gasteiger partial charge < -0.3 is 5.73 Å². The van der Waals surface area contributed by atoms with Gasteiger partial charge in [-0.25, -0.2) is 4.39 Å². The predicted octanol–water partition coefficient (Wildman–Crippen LogP) is 2.09. The molecule has 0 bridgehead atoms. The van der Waals surface area contributed by atoms with E-state index in [0.717, 1.165) is 17.8 Å². The van der Waals surface area contributed by atoms with E-state index in [0.29, 0.717) is 13.0 Å². The van der Waals surface area contributed by atoms with Gasteiger partial charge in [-0.3, -0.25) is 4.68 Å². The first kappa shape index (κ1) is 14.2. The highest BCUT2D eigenvalue weighted by atomic mass is 19.1. The van der Waals surface area contributed by atoms with Crippen LogP contribution in [-0.2, 0) is 19.9 Å². The molecule has 0 saturated heterocycles. The maximum atomic E-state index is 14.2. The van der Waals surface area contributed by atoms with E-state index < -0.39 is 6.17 Å². The molecule has 3 nitrogen and oxygen atoms in total. The Morgan fingerprint density at radius 2 is 2.12 bits per heavy atom. The van der Waals surface area contributed by atoms with Crippen LogP contribution in [0.25, 0.3) is 0 Å². The first-order valence-electron chi connectivity index (χ1n) is 6.35. The van der Waals surface area contributed by atoms with Crippen molar-refractivity contribution in [3.05, 3.63) is 17.5 Å². The van der Waals surface area contributed by atoms with Gasteiger partial charge in [-0.1, -0.05) is 20.8 Å². The topological polar surface area (TPSA) is 43.8 Å². The van der Waals surface area contributed by atoms with Crippen LogP contribution < -0.4 is 5.73 Å². The van der Waals surface area contributed by atoms with Crippen LogP contribution >= 0.6 is 0 Å². The van der Waals surface area contributed by atoms with Gasteiger partial charge in [0, 0.05) is 25.1 Å². The molecular weight excluding hydrogens is 217 g/mol. The summed E-state index contributed by atoms with van der Waals surface area (Å²) in [5.41, 5.74) is 7.60. The van der Waals surface area contributed by atoms with Crippen LogP contribution in [0.3, 0.4) is 0 Å². The van der Waals surface area contributed by atoms with Gasteiger partial charge in [-0.2, -0.15) is 5.10 Å². The van der Waals surface area contributed by atoms with Gasteiger partial charge in [0.25, 0.3) is 0 Å². The third kappa shape index (κ3) is 3.53. The number of hydrogen-bond acceptors (Lipinski definition) is 2. The third-order valence-electron chi connectivity index (χ3n) is 3.39. The van der Waals surface area contributed by atoms with E-state index in [4.69, 9.17) is 5.73 Å². The van der Waals surface area contributed by atoms with Crippen LogP contribution in [0, 0.1) is 11.8 Å². The summed E-state index contributed by atoms with van der Waals surface area (Å²) in [7, 11) is 1.87. The van der Waals surface area contributed by atoms with Crippen molar-refractivity contribution in [2.24, 2.45) is 24.6 Å². The fourth-order valence-electron chi connectivity index (χ4n) is 2.12. The lowest BCUT2D eigenvalue weighted by Crippen LogP contribution is -2.31. The summed E-state index contributed by atoms with van der Waals surface area (Å²) in [5, 5.41) is 4.33. The third-order valence-corrected chi connectivity index (χ3v) is 3.39. The van der Waals surface area contributed by atoms with Crippen molar-refractivity contribution in [1.29, 1.82) is 0 Å². The Bertz CT molecular complexity index is 346. The summed E-state index contributed by atoms with van der Waals surface area (Å²) < 4.78 is 16.0. The van der Waals surface area contributed by atoms with Crippen LogP contribution in [0.15, 0.2) is 6.07 Å². The number of halogens is 1. The largest absolute Gasteiger partial charge is 0.330 e. The predicted molar refractivity (Wildman–Crippen MR) is 68.6 cm³/mol. The molecule has 1 rings (SSSR count). The zero-order valence-electron chi connectivity index (χ0n) is 11.3. The molecule has 0 radical (unpaired) electrons. The van der Waals surface area contributed by atoms with Crippen molar-refractivity contribution in [2.45, 2.75) is 39.8 Å². The number of nitrogens with two attached hydrogens (primary N) is 1. The Kier molecular flexibility index (Phi) is 5.12. The maximum absolute atomic E-state index is 14.2. The maximum Gasteiger partial charge on any atom is 0.110 e. The Balaban J connectivity index is 2.72. The minimum Gasteiger partial charge on any atom is -0.330 e. The van der Waals surface area contributed by atoms with E-state index in [2.05, 4.69) is 12.0 Å². The summed E-state index contributed by atoms with van der Waals surface area (Å²) in [4.78, 5) is 0. The highest BCUT2D eigenvalue weighted by Crippen LogP contribution is 2.21. The fourth-order valence-corrected chi connectivity index (χ4v) is 2.12. The highest BCUT2D eigenvalue weighted by Gasteiger charge is 2.24. The molecule has 0 aliphatic rings. The smallest absolute Gasteiger partial charge is 0.110 e. The average Bonchev–Trinajstić information content (AvgIpc) is 2.60. The zero-order chi connectivity index (χ0) is 13.0. The van der Waals surface area contributed by atoms with Crippen molar-refractivity contribution in [2.75, 3.05) is 6.54 Å². The van der Waals surface area contributed by atoms with Crippen molar-refractivity contribution in [3.8, 4) is 0 Å². The number of hydrogen-bond donors (Lipinski definition) is 1. The number of alkyl halides is 1. The number of aromatic nitrogens is 2. The van der Waals surface area contributed by atoms with Crippen LogP contribution in [0.2, 0.25) is 0 Å². The lowest BCUT2D eigenvalue weighted by atomic mass is 9.89. The molecule has 0 fully saturated rings. The van der Waals surface area contributed by atoms with Crippen molar-refractivity contribution >= 4 is 0 Å². The molecule has 0 spiro atoms. The summed E-state index contributed by atoms with van der Waals surface area (Å²) in [6.07, 6.45) is 0.402. The van der Waals surface area contributed by atoms with Gasteiger partial charge in [0.2, 0.25) is 0 Å². The second-order valence-corrected chi connectivity index (χ2v) is 4.97. The van der Waals surface area contributed by atoms with Crippen molar-refractivity contribution in [1.82, 2.24) is 9.78 Å². The van der Waals surface area contributed by atoms with E-state index in [-0.39, 0.29) is 11.8 Å². The molecule has 1 aromatic rings. The van der Waals surface area contributed by atoms with Crippen molar-refractivity contribution < 1.29 is 4.39 Å². The molecule has 4 heteroatoms. The fraction of sp³-hybridized carbons (Fsp3) is 0.769. The lowest BCUT2D eigenvalue weighted by Gasteiger charge is -2.22. The average molecular weight is 241 g/mol. The van der Waals surface area contributed by atoms with Gasteiger partial charge in [-0.05, 0) is 24.9 Å². The first-order chi connectivity index (χ1) is 7.99. The summed E-state index contributed by atoms with van der Waals surface area (Å²) in [5.74, 6) is 0.198. The molecular formula is C13H24FN3. The molecule has 0 saturated carbocycles. The Hall–Kier alpha value is -0.900. The SMILES string of the molecule is CCc1cc(CC(F)C(CN)C(C)C)n(C)n1. The molecule has 2 atom stereocenters. The van der Waals surface area contributed by atoms with Crippen molar-refractivity contribution in [3.63, 3.8) is 0 Å². The Labute approximate surface area is 103 Å². The number of nitrogens with zero attached hydrogens (tertiary/aromatic N) is 2. The molecule has 2 N–H and O–H groups in total. The first-order valence-corrected chi connectivity index (χ1v) is 6.35. The van der Waals surface area contributed by atoms with E-state index >= 15 is 0 Å². The van der Waals surface area contributed by atoms with E-state index in [1.54, 1.807) is 4.68 Å². The number of rotatable bonds is 6. The molecule has 0 aromatic carbocycles. The van der Waals surface area contributed by atoms with E-state index in [1.807, 2.05) is 27.0 Å². The van der Waals surface area contributed by atoms with E-state index in [1.165, 1.54) is 0 Å². The van der Waals surface area contributed by atoms with Gasteiger partial charge in [0.15, 0.2) is 0 Å². The minimum atomic E-state index is -0.889. The summed E-state index contributed by atoms with van der Waals surface area (Å²) >= 11 is 0. The molecule has 17 heavy (non-hydrogen) atoms. The minimum absolute atomic E-state index is 0.0741. The molecule has 1 aromatic heterocycles. The van der Waals surface area contributed by atoms with Crippen LogP contribution in [-0.4, -0.2) is 22.5 Å². The highest BCUT2D eigenvalue weighted by molar-refractivity contribution is 5.11. The lowest BCUT2D eigenvalue weighted by molar-refractivity contribution is 0.183. The molecule has 98 valence electrons. The van der Waals surface area contributed by atoms with Gasteiger partial charge >= 0.3 is 0 Å². The van der Waals surface area contributed by atoms with Gasteiger partial charge in [0.05, 0.1) is 5.69 Å². The Morgan fingerprint density at radius 3 is 2.53 bits per heavy atom. The second-order valence-electron chi connectivity index (χ2n) is 4.97. The van der Waals surface area contributed by atoms with Crippen LogP contribution in [0.5, 0.6) is 0 Å². The summed E-state index contributed by atoms with van der Waals surface area (Å²) in [6.45, 7) is 6.49. The normalized spacial score (nSPS) is 15.2. The van der Waals surface area contributed by atoms with Gasteiger partial charge in [-0.15, -0.1) is 0 Å². The monoisotopic (exact) mass is 241 g/mol. The Morgan fingerprint density at radius 1 is 1.47 bits per heavy atom. The zero-order valence-corrected chi connectivity index (χ0v) is 11.3. The standard InChI is InChI=1S/C13H24FN3/c1-5-10-6-11(17(4)16-10)7-13(14)12(8-15)9(2)3/h6,9,12-13H,5,7-8,15H2,1-4H3. The van der Waals surface area contributed by atoms with E-state index in [9.17, 15) is 4.39 Å². The van der Waals surface area contributed by atoms with Crippen LogP contribution in [0.4, 0.5) is 4.39 Å².